The minimum Gasteiger partial charge on any atom is -0.453 e. The third kappa shape index (κ3) is 7.80. The molecule has 3 aromatic carbocycles. The summed E-state index contributed by atoms with van der Waals surface area (Å²) in [5, 5.41) is 8.63. The summed E-state index contributed by atoms with van der Waals surface area (Å²) in [6.07, 6.45) is 7.45. The van der Waals surface area contributed by atoms with Crippen molar-refractivity contribution in [2.45, 2.75) is 49.9 Å². The van der Waals surface area contributed by atoms with Gasteiger partial charge in [0.2, 0.25) is 0 Å². The summed E-state index contributed by atoms with van der Waals surface area (Å²) >= 11 is 1.64. The maximum atomic E-state index is 14.0. The number of imidazole rings is 2. The molecule has 316 valence electrons. The fraction of sp³-hybridized carbons (Fsp3) is 0.261. The molecule has 2 aliphatic heterocycles. The molecule has 0 bridgehead atoms. The number of carbonyl (C=O) groups is 4. The molecule has 2 aliphatic rings. The highest BCUT2D eigenvalue weighted by Gasteiger charge is 2.38. The maximum absolute atomic E-state index is 14.0. The number of fused-ring (bicyclic) bond motifs is 1. The van der Waals surface area contributed by atoms with Gasteiger partial charge in [0, 0.05) is 41.3 Å². The predicted octanol–water partition coefficient (Wildman–Crippen LogP) is 7.99. The standard InChI is InChI=1S/C46H45N9O6S/c1-60-45(58)51-38(29-11-5-3-6-12-29)42(56)54-22-9-15-36(54)40-47-25-34(49-40)28-17-19-31(20-18-28)53-24-21-32-33(27-62-44(32)53)35-26-48-41(50-35)37-16-10-23-55(37)43(57)39(52-46(59)61-2)30-13-7-4-8-14-30/h3-8,11-14,17-21,24-27,36-39H,9-10,15-16,22-23H2,1-2H3,(H,47,49)(H,48,50)(H,51,58)(H,52,59)/t36?,37?,38-,39-/m1/s1. The average molecular weight is 852 g/mol. The maximum Gasteiger partial charge on any atom is 0.407 e. The Kier molecular flexibility index (Phi) is 11.3. The Morgan fingerprint density at radius 2 is 1.21 bits per heavy atom. The molecule has 0 radical (unpaired) electrons. The van der Waals surface area contributed by atoms with E-state index in [1.165, 1.54) is 14.2 Å². The number of amides is 4. The van der Waals surface area contributed by atoms with Crippen molar-refractivity contribution in [3.8, 4) is 28.2 Å². The molecule has 0 aliphatic carbocycles. The van der Waals surface area contributed by atoms with Gasteiger partial charge in [0.25, 0.3) is 11.8 Å². The fourth-order valence-electron chi connectivity index (χ4n) is 8.61. The van der Waals surface area contributed by atoms with Crippen LogP contribution in [0, 0.1) is 0 Å². The van der Waals surface area contributed by atoms with Crippen molar-refractivity contribution >= 4 is 45.6 Å². The summed E-state index contributed by atoms with van der Waals surface area (Å²) in [7, 11) is 2.56. The summed E-state index contributed by atoms with van der Waals surface area (Å²) in [6, 6.07) is 26.4. The molecule has 4 atom stereocenters. The topological polar surface area (TPSA) is 180 Å². The molecule has 0 spiro atoms. The van der Waals surface area contributed by atoms with Crippen LogP contribution in [-0.4, -0.2) is 85.6 Å². The predicted molar refractivity (Wildman–Crippen MR) is 233 cm³/mol. The average Bonchev–Trinajstić information content (AvgIpc) is 4.17. The van der Waals surface area contributed by atoms with Crippen LogP contribution in [-0.2, 0) is 19.1 Å². The van der Waals surface area contributed by atoms with E-state index in [-0.39, 0.29) is 23.9 Å². The molecule has 9 rings (SSSR count). The lowest BCUT2D eigenvalue weighted by molar-refractivity contribution is -0.135. The van der Waals surface area contributed by atoms with Crippen molar-refractivity contribution in [2.75, 3.05) is 27.3 Å². The number of benzene rings is 3. The van der Waals surface area contributed by atoms with Gasteiger partial charge in [-0.1, -0.05) is 72.8 Å². The number of aromatic nitrogens is 5. The number of hydrogen-bond donors (Lipinski definition) is 4. The van der Waals surface area contributed by atoms with Crippen molar-refractivity contribution in [1.29, 1.82) is 0 Å². The third-order valence-corrected chi connectivity index (χ3v) is 12.7. The van der Waals surface area contributed by atoms with Gasteiger partial charge in [-0.15, -0.1) is 11.3 Å². The molecule has 4 N–H and O–H groups in total. The zero-order chi connectivity index (χ0) is 42.7. The van der Waals surface area contributed by atoms with Gasteiger partial charge in [-0.3, -0.25) is 9.59 Å². The van der Waals surface area contributed by atoms with Gasteiger partial charge >= 0.3 is 12.2 Å². The number of thiophene rings is 1. The van der Waals surface area contributed by atoms with Crippen molar-refractivity contribution in [1.82, 2.24) is 44.9 Å². The summed E-state index contributed by atoms with van der Waals surface area (Å²) in [5.41, 5.74) is 6.01. The quantitative estimate of drug-likeness (QED) is 0.101. The number of H-pyrrole nitrogens is 2. The number of alkyl carbamates (subject to hydrolysis) is 2. The highest BCUT2D eigenvalue weighted by molar-refractivity contribution is 7.17. The Balaban J connectivity index is 0.898. The molecular formula is C46H45N9O6S. The zero-order valence-corrected chi connectivity index (χ0v) is 34.9. The van der Waals surface area contributed by atoms with E-state index in [1.807, 2.05) is 66.9 Å². The van der Waals surface area contributed by atoms with Crippen LogP contribution in [0.15, 0.2) is 115 Å². The van der Waals surface area contributed by atoms with Crippen LogP contribution >= 0.6 is 11.3 Å². The van der Waals surface area contributed by atoms with Crippen molar-refractivity contribution in [2.24, 2.45) is 0 Å². The number of carbonyl (C=O) groups excluding carboxylic acids is 4. The number of likely N-dealkylation sites (tertiary alicyclic amines) is 2. The van der Waals surface area contributed by atoms with Crippen LogP contribution in [0.4, 0.5) is 9.59 Å². The van der Waals surface area contributed by atoms with E-state index in [2.05, 4.69) is 67.1 Å². The lowest BCUT2D eigenvalue weighted by Gasteiger charge is -2.28. The zero-order valence-electron chi connectivity index (χ0n) is 34.1. The first-order valence-electron chi connectivity index (χ1n) is 20.5. The Hall–Kier alpha value is -7.20. The second-order valence-electron chi connectivity index (χ2n) is 15.3. The molecule has 2 unspecified atom stereocenters. The van der Waals surface area contributed by atoms with Crippen LogP contribution in [0.1, 0.15) is 72.6 Å². The van der Waals surface area contributed by atoms with Crippen LogP contribution in [0.2, 0.25) is 0 Å². The summed E-state index contributed by atoms with van der Waals surface area (Å²) < 4.78 is 11.8. The van der Waals surface area contributed by atoms with Crippen LogP contribution in [0.3, 0.4) is 0 Å². The minimum atomic E-state index is -0.890. The normalized spacial score (nSPS) is 17.2. The monoisotopic (exact) mass is 851 g/mol. The molecule has 4 amide bonds. The highest BCUT2D eigenvalue weighted by Crippen LogP contribution is 2.39. The molecule has 7 aromatic rings. The SMILES string of the molecule is COC(=O)N[C@@H](C(=O)N1CCCC1c1ncc(-c2ccc(-n3ccc4c(-c5cnc(C6CCCN6C(=O)[C@H](NC(=O)OC)c6ccccc6)[nH]5)csc43)cc2)[nH]1)c1ccccc1. The second-order valence-corrected chi connectivity index (χ2v) is 16.2. The van der Waals surface area contributed by atoms with Crippen LogP contribution < -0.4 is 10.6 Å². The van der Waals surface area contributed by atoms with E-state index in [0.29, 0.717) is 35.9 Å². The minimum absolute atomic E-state index is 0.216. The molecule has 4 aromatic heterocycles. The van der Waals surface area contributed by atoms with Crippen molar-refractivity contribution in [3.63, 3.8) is 0 Å². The van der Waals surface area contributed by atoms with Gasteiger partial charge in [0.1, 0.15) is 28.6 Å². The first-order valence-corrected chi connectivity index (χ1v) is 21.4. The Morgan fingerprint density at radius 1 is 0.694 bits per heavy atom. The van der Waals surface area contributed by atoms with Gasteiger partial charge in [0.05, 0.1) is 50.1 Å². The smallest absolute Gasteiger partial charge is 0.407 e. The first-order chi connectivity index (χ1) is 30.3. The molecular weight excluding hydrogens is 807 g/mol. The van der Waals surface area contributed by atoms with Crippen molar-refractivity contribution in [3.05, 3.63) is 138 Å². The van der Waals surface area contributed by atoms with E-state index in [0.717, 1.165) is 64.1 Å². The molecule has 2 saturated heterocycles. The van der Waals surface area contributed by atoms with E-state index >= 15 is 0 Å². The molecule has 6 heterocycles. The number of hydrogen-bond acceptors (Lipinski definition) is 9. The Labute approximate surface area is 361 Å². The number of nitrogens with one attached hydrogen (secondary N) is 4. The fourth-order valence-corrected chi connectivity index (χ4v) is 9.68. The van der Waals surface area contributed by atoms with Gasteiger partial charge in [-0.05, 0) is 60.6 Å². The van der Waals surface area contributed by atoms with Gasteiger partial charge < -0.3 is 44.4 Å². The highest BCUT2D eigenvalue weighted by atomic mass is 32.1. The van der Waals surface area contributed by atoms with Crippen molar-refractivity contribution < 1.29 is 28.7 Å². The second kappa shape index (κ2) is 17.4. The number of nitrogens with zero attached hydrogens (tertiary/aromatic N) is 5. The van der Waals surface area contributed by atoms with E-state index in [9.17, 15) is 19.2 Å². The third-order valence-electron chi connectivity index (χ3n) is 11.7. The number of rotatable bonds is 11. The Morgan fingerprint density at radius 3 is 1.74 bits per heavy atom. The first kappa shape index (κ1) is 40.2. The number of aromatic amines is 2. The van der Waals surface area contributed by atoms with E-state index in [1.54, 1.807) is 27.3 Å². The lowest BCUT2D eigenvalue weighted by Crippen LogP contribution is -2.42. The molecule has 62 heavy (non-hydrogen) atoms. The number of methoxy groups -OCH3 is 2. The van der Waals surface area contributed by atoms with Crippen LogP contribution in [0.25, 0.3) is 38.4 Å². The molecule has 0 saturated carbocycles. The summed E-state index contributed by atoms with van der Waals surface area (Å²) in [5.74, 6) is 0.961. The summed E-state index contributed by atoms with van der Waals surface area (Å²) in [6.45, 7) is 1.09. The molecule has 15 nitrogen and oxygen atoms in total. The van der Waals surface area contributed by atoms with E-state index < -0.39 is 24.3 Å². The lowest BCUT2D eigenvalue weighted by atomic mass is 10.1. The van der Waals surface area contributed by atoms with E-state index in [4.69, 9.17) is 19.4 Å². The van der Waals surface area contributed by atoms with Crippen LogP contribution in [0.5, 0.6) is 0 Å². The van der Waals surface area contributed by atoms with Gasteiger partial charge in [-0.25, -0.2) is 19.6 Å². The largest absolute Gasteiger partial charge is 0.453 e. The summed E-state index contributed by atoms with van der Waals surface area (Å²) in [4.78, 5) is 73.6. The molecule has 16 heteroatoms. The molecule has 2 fully saturated rings. The van der Waals surface area contributed by atoms with Gasteiger partial charge in [-0.2, -0.15) is 0 Å². The number of ether oxygens (including phenoxy) is 2. The Bertz CT molecular complexity index is 2710. The van der Waals surface area contributed by atoms with Gasteiger partial charge in [0.15, 0.2) is 0 Å².